The maximum atomic E-state index is 13.0. The molecule has 0 saturated heterocycles. The van der Waals surface area contributed by atoms with Gasteiger partial charge in [-0.2, -0.15) is 0 Å². The van der Waals surface area contributed by atoms with Crippen molar-refractivity contribution in [2.24, 2.45) is 0 Å². The fraction of sp³-hybridized carbons (Fsp3) is 0.333. The minimum absolute atomic E-state index is 0.0744. The van der Waals surface area contributed by atoms with Crippen LogP contribution in [0.5, 0.6) is 11.5 Å². The average molecular weight is 369 g/mol. The van der Waals surface area contributed by atoms with Crippen molar-refractivity contribution in [1.29, 1.82) is 0 Å². The van der Waals surface area contributed by atoms with Crippen LogP contribution in [0.2, 0.25) is 0 Å². The number of anilines is 1. The van der Waals surface area contributed by atoms with Crippen LogP contribution in [-0.2, 0) is 20.7 Å². The van der Waals surface area contributed by atoms with Crippen LogP contribution >= 0.6 is 0 Å². The average Bonchev–Trinajstić information content (AvgIpc) is 2.72. The minimum atomic E-state index is -0.870. The second-order valence-corrected chi connectivity index (χ2v) is 6.30. The third kappa shape index (κ3) is 4.05. The highest BCUT2D eigenvalue weighted by atomic mass is 16.6. The molecule has 0 fully saturated rings. The van der Waals surface area contributed by atoms with Crippen molar-refractivity contribution >= 4 is 17.6 Å². The van der Waals surface area contributed by atoms with Crippen molar-refractivity contribution in [3.05, 3.63) is 54.1 Å². The second kappa shape index (κ2) is 8.12. The number of carbonyl (C=O) groups excluding carboxylic acids is 2. The third-order valence-electron chi connectivity index (χ3n) is 4.50. The van der Waals surface area contributed by atoms with Crippen LogP contribution in [0.3, 0.4) is 0 Å². The topological polar surface area (TPSA) is 65.1 Å². The van der Waals surface area contributed by atoms with Gasteiger partial charge in [-0.15, -0.1) is 0 Å². The Bertz CT molecular complexity index is 818. The minimum Gasteiger partial charge on any atom is -0.481 e. The molecule has 2 aromatic carbocycles. The molecule has 0 radical (unpaired) electrons. The fourth-order valence-corrected chi connectivity index (χ4v) is 2.98. The van der Waals surface area contributed by atoms with Crippen LogP contribution < -0.4 is 14.4 Å². The molecule has 0 spiro atoms. The molecule has 1 amide bonds. The molecule has 0 saturated carbocycles. The number of nitrogens with zero attached hydrogens (tertiary/aromatic N) is 1. The monoisotopic (exact) mass is 369 g/mol. The summed E-state index contributed by atoms with van der Waals surface area (Å²) in [5, 5.41) is 0. The molecule has 0 aliphatic carbocycles. The Morgan fingerprint density at radius 2 is 1.89 bits per heavy atom. The molecule has 27 heavy (non-hydrogen) atoms. The van der Waals surface area contributed by atoms with Crippen molar-refractivity contribution < 1.29 is 23.8 Å². The molecule has 3 rings (SSSR count). The number of rotatable bonds is 5. The van der Waals surface area contributed by atoms with E-state index >= 15 is 0 Å². The number of ether oxygens (including phenoxy) is 3. The number of benzene rings is 2. The Morgan fingerprint density at radius 1 is 1.19 bits per heavy atom. The number of amides is 1. The van der Waals surface area contributed by atoms with Gasteiger partial charge in [-0.05, 0) is 43.2 Å². The lowest BCUT2D eigenvalue weighted by molar-refractivity contribution is -0.148. The summed E-state index contributed by atoms with van der Waals surface area (Å²) in [5.41, 5.74) is 1.81. The molecule has 2 atom stereocenters. The Morgan fingerprint density at radius 3 is 2.56 bits per heavy atom. The zero-order valence-corrected chi connectivity index (χ0v) is 15.7. The molecular formula is C21H23NO5. The smallest absolute Gasteiger partial charge is 0.348 e. The predicted molar refractivity (Wildman–Crippen MR) is 101 cm³/mol. The Hall–Kier alpha value is -3.02. The lowest BCUT2D eigenvalue weighted by Crippen LogP contribution is -2.50. The largest absolute Gasteiger partial charge is 0.481 e. The number of hydrogen-bond acceptors (Lipinski definition) is 5. The third-order valence-corrected chi connectivity index (χ3v) is 4.50. The van der Waals surface area contributed by atoms with E-state index in [0.29, 0.717) is 17.2 Å². The van der Waals surface area contributed by atoms with Gasteiger partial charge in [0.15, 0.2) is 6.10 Å². The lowest BCUT2D eigenvalue weighted by atomic mass is 10.1. The Kier molecular flexibility index (Phi) is 5.64. The van der Waals surface area contributed by atoms with Crippen LogP contribution in [0.15, 0.2) is 48.5 Å². The molecule has 2 aromatic rings. The summed E-state index contributed by atoms with van der Waals surface area (Å²) >= 11 is 0. The summed E-state index contributed by atoms with van der Waals surface area (Å²) in [4.78, 5) is 26.5. The zero-order chi connectivity index (χ0) is 19.4. The first kappa shape index (κ1) is 18.8. The summed E-state index contributed by atoms with van der Waals surface area (Å²) in [5.74, 6) is 0.316. The summed E-state index contributed by atoms with van der Waals surface area (Å²) in [6.45, 7) is 3.85. The molecule has 6 heteroatoms. The van der Waals surface area contributed by atoms with E-state index in [1.807, 2.05) is 30.3 Å². The van der Waals surface area contributed by atoms with E-state index in [9.17, 15) is 9.59 Å². The highest BCUT2D eigenvalue weighted by Gasteiger charge is 2.36. The number of methoxy groups -OCH3 is 1. The van der Waals surface area contributed by atoms with E-state index in [0.717, 1.165) is 6.42 Å². The fourth-order valence-electron chi connectivity index (χ4n) is 2.98. The maximum Gasteiger partial charge on any atom is 0.348 e. The summed E-state index contributed by atoms with van der Waals surface area (Å²) < 4.78 is 16.3. The highest BCUT2D eigenvalue weighted by molar-refractivity contribution is 5.99. The Labute approximate surface area is 158 Å². The van der Waals surface area contributed by atoms with Crippen molar-refractivity contribution in [1.82, 2.24) is 0 Å². The van der Waals surface area contributed by atoms with Crippen LogP contribution in [0.4, 0.5) is 5.69 Å². The van der Waals surface area contributed by atoms with Gasteiger partial charge in [0, 0.05) is 0 Å². The first-order chi connectivity index (χ1) is 13.0. The van der Waals surface area contributed by atoms with Gasteiger partial charge < -0.3 is 19.1 Å². The van der Waals surface area contributed by atoms with Crippen molar-refractivity contribution in [2.75, 3.05) is 18.6 Å². The van der Waals surface area contributed by atoms with E-state index in [4.69, 9.17) is 14.2 Å². The number of carbonyl (C=O) groups is 2. The van der Waals surface area contributed by atoms with E-state index < -0.39 is 18.2 Å². The maximum absolute atomic E-state index is 13.0. The number of hydrogen-bond donors (Lipinski definition) is 0. The number of para-hydroxylation sites is 2. The molecule has 0 N–H and O–H groups in total. The number of aryl methyl sites for hydroxylation is 1. The van der Waals surface area contributed by atoms with E-state index in [1.54, 1.807) is 25.1 Å². The second-order valence-electron chi connectivity index (χ2n) is 6.30. The van der Waals surface area contributed by atoms with Gasteiger partial charge >= 0.3 is 5.97 Å². The predicted octanol–water partition coefficient (Wildman–Crippen LogP) is 2.98. The highest BCUT2D eigenvalue weighted by Crippen LogP contribution is 2.34. The van der Waals surface area contributed by atoms with Crippen LogP contribution in [0.25, 0.3) is 0 Å². The number of fused-ring (bicyclic) bond motifs is 1. The molecule has 0 bridgehead atoms. The first-order valence-corrected chi connectivity index (χ1v) is 8.94. The van der Waals surface area contributed by atoms with Gasteiger partial charge in [0.1, 0.15) is 11.5 Å². The lowest BCUT2D eigenvalue weighted by Gasteiger charge is -2.34. The molecule has 1 aliphatic rings. The molecule has 0 aromatic heterocycles. The van der Waals surface area contributed by atoms with Gasteiger partial charge in [0.2, 0.25) is 6.10 Å². The molecular weight excluding hydrogens is 346 g/mol. The van der Waals surface area contributed by atoms with Crippen LogP contribution in [0, 0.1) is 0 Å². The molecule has 0 unspecified atom stereocenters. The quantitative estimate of drug-likeness (QED) is 0.758. The molecule has 1 heterocycles. The van der Waals surface area contributed by atoms with Gasteiger partial charge in [-0.1, -0.05) is 31.2 Å². The molecule has 142 valence electrons. The summed E-state index contributed by atoms with van der Waals surface area (Å²) in [6, 6.07) is 14.8. The van der Waals surface area contributed by atoms with Crippen LogP contribution in [0.1, 0.15) is 19.4 Å². The first-order valence-electron chi connectivity index (χ1n) is 8.94. The zero-order valence-electron chi connectivity index (χ0n) is 15.7. The van der Waals surface area contributed by atoms with Crippen molar-refractivity contribution in [3.63, 3.8) is 0 Å². The van der Waals surface area contributed by atoms with Gasteiger partial charge in [-0.25, -0.2) is 4.79 Å². The molecule has 1 aliphatic heterocycles. The van der Waals surface area contributed by atoms with E-state index in [2.05, 4.69) is 6.92 Å². The normalized spacial score (nSPS) is 16.7. The van der Waals surface area contributed by atoms with Crippen LogP contribution in [-0.4, -0.2) is 37.7 Å². The van der Waals surface area contributed by atoms with Gasteiger partial charge in [0.25, 0.3) is 5.91 Å². The SMILES string of the molecule is CCc1ccc(O[C@H](C)C(=O)N2C[C@@H](C(=O)OC)Oc3ccccc32)cc1. The van der Waals surface area contributed by atoms with E-state index in [-0.39, 0.29) is 12.5 Å². The molecule has 6 nitrogen and oxygen atoms in total. The standard InChI is InChI=1S/C21H23NO5/c1-4-15-9-11-16(12-10-15)26-14(2)20(23)22-13-19(21(24)25-3)27-18-8-6-5-7-17(18)22/h5-12,14,19H,4,13H2,1-3H3/t14-,19+/m1/s1. The Balaban J connectivity index is 1.79. The van der Waals surface area contributed by atoms with Crippen molar-refractivity contribution in [3.8, 4) is 11.5 Å². The summed E-state index contributed by atoms with van der Waals surface area (Å²) in [7, 11) is 1.30. The van der Waals surface area contributed by atoms with Gasteiger partial charge in [0.05, 0.1) is 19.3 Å². The van der Waals surface area contributed by atoms with Gasteiger partial charge in [-0.3, -0.25) is 4.79 Å². The van der Waals surface area contributed by atoms with E-state index in [1.165, 1.54) is 17.6 Å². The van der Waals surface area contributed by atoms with Crippen molar-refractivity contribution in [2.45, 2.75) is 32.5 Å². The summed E-state index contributed by atoms with van der Waals surface area (Å²) in [6.07, 6.45) is -0.652. The number of esters is 1.